The van der Waals surface area contributed by atoms with E-state index in [4.69, 9.17) is 5.11 Å². The number of carboxylic acids is 1. The smallest absolute Gasteiger partial charge is 0.329 e. The number of carbonyl (C=O) groups excluding carboxylic acids is 1. The van der Waals surface area contributed by atoms with Crippen LogP contribution in [0.15, 0.2) is 0 Å². The first kappa shape index (κ1) is 11.1. The lowest BCUT2D eigenvalue weighted by molar-refractivity contribution is -0.143. The van der Waals surface area contributed by atoms with Crippen molar-refractivity contribution in [3.8, 4) is 0 Å². The Morgan fingerprint density at radius 2 is 1.92 bits per heavy atom. The summed E-state index contributed by atoms with van der Waals surface area (Å²) < 4.78 is 4.61. The molecule has 0 unspecified atom stereocenters. The van der Waals surface area contributed by atoms with Gasteiger partial charge < -0.3 is 9.84 Å². The average Bonchev–Trinajstić information content (AvgIpc) is 1.84. The molecule has 0 fully saturated rings. The van der Waals surface area contributed by atoms with Gasteiger partial charge in [0.05, 0.1) is 0 Å². The van der Waals surface area contributed by atoms with E-state index < -0.39 is 12.6 Å². The zero-order valence-corrected chi connectivity index (χ0v) is 7.37. The van der Waals surface area contributed by atoms with Crippen LogP contribution in [0.4, 0.5) is 0 Å². The van der Waals surface area contributed by atoms with Crippen LogP contribution in [-0.4, -0.2) is 30.1 Å². The van der Waals surface area contributed by atoms with Crippen molar-refractivity contribution >= 4 is 11.8 Å². The highest BCUT2D eigenvalue weighted by Gasteiger charge is 2.05. The molecule has 0 atom stereocenters. The van der Waals surface area contributed by atoms with Gasteiger partial charge in [0, 0.05) is 6.42 Å². The minimum absolute atomic E-state index is 0.0498. The summed E-state index contributed by atoms with van der Waals surface area (Å²) in [5.41, 5.74) is 0. The van der Waals surface area contributed by atoms with Crippen molar-refractivity contribution in [1.82, 2.24) is 0 Å². The number of rotatable bonds is 6. The van der Waals surface area contributed by atoms with Gasteiger partial charge in [0.15, 0.2) is 5.78 Å². The number of hydrogen-bond acceptors (Lipinski definition) is 3. The first-order valence-electron chi connectivity index (χ1n) is 3.83. The second-order valence-corrected chi connectivity index (χ2v) is 3.02. The summed E-state index contributed by atoms with van der Waals surface area (Å²) in [6.45, 7) is 3.36. The van der Waals surface area contributed by atoms with Crippen molar-refractivity contribution in [2.24, 2.45) is 5.92 Å². The Morgan fingerprint density at radius 3 is 2.33 bits per heavy atom. The van der Waals surface area contributed by atoms with Crippen molar-refractivity contribution in [2.45, 2.75) is 20.3 Å². The molecule has 1 N–H and O–H groups in total. The molecule has 0 amide bonds. The summed E-state index contributed by atoms with van der Waals surface area (Å²) in [4.78, 5) is 20.9. The van der Waals surface area contributed by atoms with Crippen LogP contribution in [0.2, 0.25) is 0 Å². The highest BCUT2D eigenvalue weighted by Crippen LogP contribution is 1.99. The average molecular weight is 174 g/mol. The van der Waals surface area contributed by atoms with E-state index in [0.29, 0.717) is 12.3 Å². The summed E-state index contributed by atoms with van der Waals surface area (Å²) in [6, 6.07) is 0. The third-order valence-corrected chi connectivity index (χ3v) is 1.12. The van der Waals surface area contributed by atoms with Crippen LogP contribution in [0.25, 0.3) is 0 Å². The first-order chi connectivity index (χ1) is 5.52. The van der Waals surface area contributed by atoms with Crippen molar-refractivity contribution in [1.29, 1.82) is 0 Å². The molecule has 0 rings (SSSR count). The quantitative estimate of drug-likeness (QED) is 0.643. The van der Waals surface area contributed by atoms with Gasteiger partial charge in [-0.25, -0.2) is 4.79 Å². The topological polar surface area (TPSA) is 63.6 Å². The van der Waals surface area contributed by atoms with Gasteiger partial charge in [-0.15, -0.1) is 0 Å². The minimum Gasteiger partial charge on any atom is -0.480 e. The fourth-order valence-electron chi connectivity index (χ4n) is 0.766. The maximum Gasteiger partial charge on any atom is 0.329 e. The van der Waals surface area contributed by atoms with E-state index >= 15 is 0 Å². The van der Waals surface area contributed by atoms with Crippen molar-refractivity contribution in [2.75, 3.05) is 13.2 Å². The summed E-state index contributed by atoms with van der Waals surface area (Å²) in [7, 11) is 0. The van der Waals surface area contributed by atoms with Crippen LogP contribution >= 0.6 is 0 Å². The van der Waals surface area contributed by atoms with Crippen LogP contribution in [-0.2, 0) is 14.3 Å². The minimum atomic E-state index is -1.05. The van der Waals surface area contributed by atoms with Crippen LogP contribution in [0, 0.1) is 5.92 Å². The molecule has 0 spiro atoms. The molecule has 0 aromatic rings. The van der Waals surface area contributed by atoms with Crippen LogP contribution in [0.1, 0.15) is 20.3 Å². The number of carbonyl (C=O) groups is 2. The van der Waals surface area contributed by atoms with E-state index in [1.54, 1.807) is 0 Å². The molecule has 0 aromatic carbocycles. The summed E-state index contributed by atoms with van der Waals surface area (Å²) in [5.74, 6) is -0.801. The van der Waals surface area contributed by atoms with Crippen LogP contribution < -0.4 is 0 Å². The second-order valence-electron chi connectivity index (χ2n) is 3.02. The Labute approximate surface area is 71.5 Å². The number of ketones is 1. The van der Waals surface area contributed by atoms with Crippen molar-refractivity contribution in [3.05, 3.63) is 0 Å². The summed E-state index contributed by atoms with van der Waals surface area (Å²) in [6.07, 6.45) is 0.444. The molecule has 70 valence electrons. The third-order valence-electron chi connectivity index (χ3n) is 1.12. The van der Waals surface area contributed by atoms with E-state index in [-0.39, 0.29) is 12.4 Å². The van der Waals surface area contributed by atoms with E-state index in [0.717, 1.165) is 0 Å². The molecule has 0 aromatic heterocycles. The fourth-order valence-corrected chi connectivity index (χ4v) is 0.766. The molecular formula is C8H14O4. The Balaban J connectivity index is 3.38. The summed E-state index contributed by atoms with van der Waals surface area (Å²) in [5, 5.41) is 8.17. The van der Waals surface area contributed by atoms with E-state index in [1.807, 2.05) is 13.8 Å². The highest BCUT2D eigenvalue weighted by molar-refractivity contribution is 5.80. The molecule has 0 saturated heterocycles. The zero-order valence-electron chi connectivity index (χ0n) is 7.37. The molecular weight excluding hydrogens is 160 g/mol. The highest BCUT2D eigenvalue weighted by atomic mass is 16.5. The Hall–Kier alpha value is -0.900. The van der Waals surface area contributed by atoms with E-state index in [2.05, 4.69) is 4.74 Å². The van der Waals surface area contributed by atoms with Gasteiger partial charge in [-0.1, -0.05) is 13.8 Å². The van der Waals surface area contributed by atoms with E-state index in [9.17, 15) is 9.59 Å². The lowest BCUT2D eigenvalue weighted by Gasteiger charge is -2.02. The molecule has 0 radical (unpaired) electrons. The number of Topliss-reactive ketones (excluding diaryl/α,β-unsaturated/α-hetero) is 1. The first-order valence-corrected chi connectivity index (χ1v) is 3.83. The standard InChI is InChI=1S/C8H14O4/c1-6(2)3-7(9)4-12-5-8(10)11/h6H,3-5H2,1-2H3,(H,10,11). The largest absolute Gasteiger partial charge is 0.480 e. The summed E-state index contributed by atoms with van der Waals surface area (Å²) >= 11 is 0. The third kappa shape index (κ3) is 7.21. The lowest BCUT2D eigenvalue weighted by Crippen LogP contribution is -2.15. The normalized spacial score (nSPS) is 10.2. The van der Waals surface area contributed by atoms with Crippen LogP contribution in [0.3, 0.4) is 0 Å². The Morgan fingerprint density at radius 1 is 1.33 bits per heavy atom. The van der Waals surface area contributed by atoms with Crippen molar-refractivity contribution in [3.63, 3.8) is 0 Å². The van der Waals surface area contributed by atoms with Gasteiger partial charge >= 0.3 is 5.97 Å². The van der Waals surface area contributed by atoms with Gasteiger partial charge in [0.25, 0.3) is 0 Å². The number of ether oxygens (including phenoxy) is 1. The Kier molecular flexibility index (Phi) is 5.28. The van der Waals surface area contributed by atoms with Crippen molar-refractivity contribution < 1.29 is 19.4 Å². The number of hydrogen-bond donors (Lipinski definition) is 1. The second kappa shape index (κ2) is 5.71. The molecule has 12 heavy (non-hydrogen) atoms. The van der Waals surface area contributed by atoms with Gasteiger partial charge in [-0.2, -0.15) is 0 Å². The molecule has 0 bridgehead atoms. The zero-order chi connectivity index (χ0) is 9.56. The molecule has 4 nitrogen and oxygen atoms in total. The Bertz CT molecular complexity index is 162. The van der Waals surface area contributed by atoms with Gasteiger partial charge in [0.2, 0.25) is 0 Å². The van der Waals surface area contributed by atoms with Gasteiger partial charge in [-0.3, -0.25) is 4.79 Å². The molecule has 0 aliphatic carbocycles. The maximum atomic E-state index is 10.9. The molecule has 0 saturated carbocycles. The lowest BCUT2D eigenvalue weighted by atomic mass is 10.1. The SMILES string of the molecule is CC(C)CC(=O)COCC(=O)O. The molecule has 0 heterocycles. The maximum absolute atomic E-state index is 10.9. The predicted molar refractivity (Wildman–Crippen MR) is 42.9 cm³/mol. The molecule has 4 heteroatoms. The molecule has 0 aliphatic rings. The van der Waals surface area contributed by atoms with Gasteiger partial charge in [-0.05, 0) is 5.92 Å². The predicted octanol–water partition coefficient (Wildman–Crippen LogP) is 0.703. The van der Waals surface area contributed by atoms with Gasteiger partial charge in [0.1, 0.15) is 13.2 Å². The monoisotopic (exact) mass is 174 g/mol. The molecule has 0 aliphatic heterocycles. The van der Waals surface area contributed by atoms with E-state index in [1.165, 1.54) is 0 Å². The fraction of sp³-hybridized carbons (Fsp3) is 0.750. The number of carboxylic acid groups (broad SMARTS) is 1. The van der Waals surface area contributed by atoms with Crippen LogP contribution in [0.5, 0.6) is 0 Å². The number of aliphatic carboxylic acids is 1.